The van der Waals surface area contributed by atoms with Crippen molar-refractivity contribution in [1.29, 1.82) is 0 Å². The summed E-state index contributed by atoms with van der Waals surface area (Å²) in [5.74, 6) is 1.85. The van der Waals surface area contributed by atoms with Crippen LogP contribution in [-0.2, 0) is 35.1 Å². The van der Waals surface area contributed by atoms with Crippen LogP contribution in [0.3, 0.4) is 0 Å². The zero-order valence-electron chi connectivity index (χ0n) is 28.6. The fourth-order valence-corrected chi connectivity index (χ4v) is 7.34. The van der Waals surface area contributed by atoms with Crippen LogP contribution in [0.25, 0.3) is 0 Å². The first-order chi connectivity index (χ1) is 22.7. The van der Waals surface area contributed by atoms with Gasteiger partial charge in [-0.1, -0.05) is 32.1 Å². The monoisotopic (exact) mass is 716 g/mol. The molecule has 0 aromatic heterocycles. The number of allylic oxidation sites excluding steroid dienone is 6. The van der Waals surface area contributed by atoms with Gasteiger partial charge in [0.1, 0.15) is 16.7 Å². The summed E-state index contributed by atoms with van der Waals surface area (Å²) < 4.78 is 42.2. The number of aliphatic carboxylic acids is 1. The summed E-state index contributed by atoms with van der Waals surface area (Å²) in [7, 11) is -4.61. The standard InChI is InChI=1S/C36H42N2O8S2.Na/c1-6-7-8-13-22-37-31-21-19-27(48(42,43)44)25-29(31)36(4,5)33(37)16-11-9-10-15-32-35(2,3)28-24-26(47-46-45-41)18-20-30(28)38(32)23-14-12-17-34(39)40;/h1,9-11,15-16,18-21,24-25H,7-8,12-14,17,22-23H2,2-5H3,(H2-,39,40,41,42,43,44);/q;+1/p-1. The molecule has 2 aromatic carbocycles. The van der Waals surface area contributed by atoms with Crippen molar-refractivity contribution >= 4 is 45.2 Å². The molecule has 0 bridgehead atoms. The molecule has 49 heavy (non-hydrogen) atoms. The van der Waals surface area contributed by atoms with Crippen LogP contribution >= 0.6 is 12.0 Å². The van der Waals surface area contributed by atoms with E-state index in [-0.39, 0.29) is 40.9 Å². The third-order valence-electron chi connectivity index (χ3n) is 8.88. The van der Waals surface area contributed by atoms with Crippen molar-refractivity contribution in [2.75, 3.05) is 18.0 Å². The zero-order valence-corrected chi connectivity index (χ0v) is 32.2. The van der Waals surface area contributed by atoms with Crippen molar-refractivity contribution in [2.45, 2.75) is 86.8 Å². The van der Waals surface area contributed by atoms with E-state index in [0.29, 0.717) is 37.2 Å². The molecule has 0 unspecified atom stereocenters. The first-order valence-corrected chi connectivity index (χ1v) is 17.9. The normalized spacial score (nSPS) is 17.1. The van der Waals surface area contributed by atoms with E-state index in [1.807, 2.05) is 62.4 Å². The average molecular weight is 717 g/mol. The van der Waals surface area contributed by atoms with E-state index in [1.54, 1.807) is 6.07 Å². The SMILES string of the molecule is C#CCCCCN1/C(=C/C=C/C=C/C2=[N+](CCCCC(=O)O)c3ccc(SOO[O-])cc3C2(C)C)C(C)(C)c2cc(S(=O)(=O)[O-])ccc21.[Na+]. The fourth-order valence-electron chi connectivity index (χ4n) is 6.45. The number of rotatable bonds is 16. The molecule has 0 fully saturated rings. The molecule has 2 aliphatic heterocycles. The summed E-state index contributed by atoms with van der Waals surface area (Å²) in [4.78, 5) is 13.7. The molecule has 4 rings (SSSR count). The molecule has 0 radical (unpaired) electrons. The molecular weight excluding hydrogens is 676 g/mol. The summed E-state index contributed by atoms with van der Waals surface area (Å²) in [6.45, 7) is 9.57. The van der Waals surface area contributed by atoms with Gasteiger partial charge >= 0.3 is 35.5 Å². The topological polar surface area (TPSA) is 142 Å². The van der Waals surface area contributed by atoms with E-state index >= 15 is 0 Å². The number of terminal acetylenes is 1. The van der Waals surface area contributed by atoms with Crippen LogP contribution in [0.5, 0.6) is 0 Å². The van der Waals surface area contributed by atoms with Gasteiger partial charge in [0.05, 0.1) is 22.4 Å². The van der Waals surface area contributed by atoms with Crippen LogP contribution in [-0.4, -0.2) is 47.4 Å². The molecule has 0 spiro atoms. The first-order valence-electron chi connectivity index (χ1n) is 15.7. The number of carboxylic acid groups (broad SMARTS) is 1. The van der Waals surface area contributed by atoms with Crippen LogP contribution < -0.4 is 39.7 Å². The minimum atomic E-state index is -4.61. The summed E-state index contributed by atoms with van der Waals surface area (Å²) in [6, 6.07) is 10.3. The van der Waals surface area contributed by atoms with Crippen molar-refractivity contribution in [2.24, 2.45) is 0 Å². The number of nitrogens with zero attached hydrogens (tertiary/aromatic N) is 2. The number of hydrogen-bond acceptors (Lipinski definition) is 9. The smallest absolute Gasteiger partial charge is 0.744 e. The Morgan fingerprint density at radius 2 is 1.80 bits per heavy atom. The van der Waals surface area contributed by atoms with Gasteiger partial charge in [-0.3, -0.25) is 9.83 Å². The molecule has 2 aromatic rings. The van der Waals surface area contributed by atoms with Crippen molar-refractivity contribution in [3.63, 3.8) is 0 Å². The Kier molecular flexibility index (Phi) is 14.5. The Balaban J connectivity index is 0.00000650. The van der Waals surface area contributed by atoms with Crippen LogP contribution in [0.1, 0.15) is 77.3 Å². The Morgan fingerprint density at radius 3 is 2.47 bits per heavy atom. The molecule has 0 saturated heterocycles. The van der Waals surface area contributed by atoms with Crippen molar-refractivity contribution in [3.05, 3.63) is 83.6 Å². The maximum absolute atomic E-state index is 11.8. The Bertz CT molecular complexity index is 1810. The molecule has 256 valence electrons. The Morgan fingerprint density at radius 1 is 1.04 bits per heavy atom. The van der Waals surface area contributed by atoms with Crippen LogP contribution in [0, 0.1) is 12.3 Å². The number of carboxylic acids is 1. The van der Waals surface area contributed by atoms with Crippen LogP contribution in [0.4, 0.5) is 11.4 Å². The molecule has 0 amide bonds. The minimum absolute atomic E-state index is 0. The molecule has 0 atom stereocenters. The number of anilines is 1. The Labute approximate surface area is 315 Å². The van der Waals surface area contributed by atoms with Gasteiger partial charge in [-0.15, -0.1) is 12.3 Å². The van der Waals surface area contributed by atoms with Crippen LogP contribution in [0.15, 0.2) is 82.3 Å². The molecule has 0 aliphatic carbocycles. The third kappa shape index (κ3) is 9.55. The number of fused-ring (bicyclic) bond motifs is 2. The predicted molar refractivity (Wildman–Crippen MR) is 183 cm³/mol. The van der Waals surface area contributed by atoms with Gasteiger partial charge in [0.2, 0.25) is 5.69 Å². The van der Waals surface area contributed by atoms with Gasteiger partial charge in [-0.05, 0) is 75.1 Å². The minimum Gasteiger partial charge on any atom is -0.744 e. The molecule has 0 saturated carbocycles. The number of benzene rings is 2. The van der Waals surface area contributed by atoms with Crippen molar-refractivity contribution in [1.82, 2.24) is 0 Å². The molecule has 13 heteroatoms. The maximum atomic E-state index is 11.8. The molecular formula is C36H41N2NaO8S2. The average Bonchev–Trinajstić information content (AvgIpc) is 3.37. The summed E-state index contributed by atoms with van der Waals surface area (Å²) >= 11 is 0.834. The van der Waals surface area contributed by atoms with E-state index in [4.69, 9.17) is 11.5 Å². The number of unbranched alkanes of at least 4 members (excludes halogenated alkanes) is 3. The largest absolute Gasteiger partial charge is 1.00 e. The van der Waals surface area contributed by atoms with Crippen LogP contribution in [0.2, 0.25) is 0 Å². The zero-order chi connectivity index (χ0) is 35.1. The van der Waals surface area contributed by atoms with E-state index in [2.05, 4.69) is 38.6 Å². The summed E-state index contributed by atoms with van der Waals surface area (Å²) in [6.07, 6.45) is 19.1. The second-order valence-corrected chi connectivity index (χ2v) is 14.9. The van der Waals surface area contributed by atoms with Crippen molar-refractivity contribution < 1.29 is 71.6 Å². The van der Waals surface area contributed by atoms with Crippen molar-refractivity contribution in [3.8, 4) is 12.3 Å². The molecule has 1 N–H and O–H groups in total. The van der Waals surface area contributed by atoms with E-state index in [9.17, 15) is 23.0 Å². The number of hydrogen-bond donors (Lipinski definition) is 1. The van der Waals surface area contributed by atoms with E-state index in [0.717, 1.165) is 58.8 Å². The van der Waals surface area contributed by atoms with Gasteiger partial charge in [-0.25, -0.2) is 8.42 Å². The van der Waals surface area contributed by atoms with E-state index < -0.39 is 26.9 Å². The van der Waals surface area contributed by atoms with Gasteiger partial charge in [0.15, 0.2) is 5.71 Å². The fraction of sp³-hybridized carbons (Fsp3) is 0.389. The molecule has 10 nitrogen and oxygen atoms in total. The summed E-state index contributed by atoms with van der Waals surface area (Å²) in [5, 5.41) is 23.0. The Hall–Kier alpha value is -2.70. The number of carbonyl (C=O) groups is 1. The van der Waals surface area contributed by atoms with Gasteiger partial charge < -0.3 is 19.8 Å². The molecule has 2 aliphatic rings. The third-order valence-corrected chi connectivity index (χ3v) is 10.3. The quantitative estimate of drug-likeness (QED) is 0.0317. The predicted octanol–water partition coefficient (Wildman–Crippen LogP) is 3.05. The second kappa shape index (κ2) is 17.5. The first kappa shape index (κ1) is 40.7. The van der Waals surface area contributed by atoms with Gasteiger partial charge in [0, 0.05) is 65.2 Å². The van der Waals surface area contributed by atoms with E-state index in [1.165, 1.54) is 12.1 Å². The summed E-state index contributed by atoms with van der Waals surface area (Å²) in [5.41, 5.74) is 4.70. The maximum Gasteiger partial charge on any atom is 1.00 e. The second-order valence-electron chi connectivity index (χ2n) is 12.8. The molecule has 2 heterocycles. The van der Waals surface area contributed by atoms with Gasteiger partial charge in [0.25, 0.3) is 0 Å². The van der Waals surface area contributed by atoms with Gasteiger partial charge in [-0.2, -0.15) is 8.91 Å².